The van der Waals surface area contributed by atoms with E-state index >= 15 is 0 Å². The van der Waals surface area contributed by atoms with Gasteiger partial charge in [0.05, 0.1) is 6.73 Å². The lowest BCUT2D eigenvalue weighted by Gasteiger charge is -2.22. The molecule has 0 saturated carbocycles. The summed E-state index contributed by atoms with van der Waals surface area (Å²) < 4.78 is 15.9. The van der Waals surface area contributed by atoms with Crippen LogP contribution in [0.3, 0.4) is 0 Å². The van der Waals surface area contributed by atoms with Crippen molar-refractivity contribution in [2.24, 2.45) is 5.73 Å². The van der Waals surface area contributed by atoms with Gasteiger partial charge >= 0.3 is 8.80 Å². The SMILES string of the molecule is CO[Si](C)(OC)OCNCCCCCCN. The maximum Gasteiger partial charge on any atom is 0.498 e. The summed E-state index contributed by atoms with van der Waals surface area (Å²) in [5, 5.41) is 3.21. The molecule has 0 spiro atoms. The Labute approximate surface area is 100 Å². The number of nitrogens with two attached hydrogens (primary N) is 1. The van der Waals surface area contributed by atoms with Crippen LogP contribution >= 0.6 is 0 Å². The van der Waals surface area contributed by atoms with Crippen LogP contribution in [0.5, 0.6) is 0 Å². The molecule has 16 heavy (non-hydrogen) atoms. The predicted octanol–water partition coefficient (Wildman–Crippen LogP) is 0.931. The van der Waals surface area contributed by atoms with Gasteiger partial charge in [0.2, 0.25) is 0 Å². The van der Waals surface area contributed by atoms with E-state index in [1.54, 1.807) is 14.2 Å². The number of rotatable bonds is 11. The minimum atomic E-state index is -2.36. The van der Waals surface area contributed by atoms with Crippen molar-refractivity contribution in [3.63, 3.8) is 0 Å². The predicted molar refractivity (Wildman–Crippen MR) is 67.1 cm³/mol. The third kappa shape index (κ3) is 8.20. The first-order valence-electron chi connectivity index (χ1n) is 5.83. The van der Waals surface area contributed by atoms with E-state index in [0.717, 1.165) is 25.9 Å². The van der Waals surface area contributed by atoms with Crippen molar-refractivity contribution in [2.45, 2.75) is 32.2 Å². The van der Waals surface area contributed by atoms with E-state index in [2.05, 4.69) is 5.32 Å². The van der Waals surface area contributed by atoms with Crippen molar-refractivity contribution in [3.8, 4) is 0 Å². The van der Waals surface area contributed by atoms with Crippen LogP contribution in [-0.4, -0.2) is 42.8 Å². The Bertz CT molecular complexity index is 157. The van der Waals surface area contributed by atoms with E-state index in [1.165, 1.54) is 12.8 Å². The summed E-state index contributed by atoms with van der Waals surface area (Å²) in [6, 6.07) is 0. The van der Waals surface area contributed by atoms with E-state index in [-0.39, 0.29) is 0 Å². The third-order valence-corrected chi connectivity index (χ3v) is 4.64. The van der Waals surface area contributed by atoms with Crippen LogP contribution in [0.15, 0.2) is 0 Å². The second-order valence-electron chi connectivity index (χ2n) is 3.76. The van der Waals surface area contributed by atoms with Gasteiger partial charge in [-0.25, -0.2) is 0 Å². The molecule has 3 N–H and O–H groups in total. The highest BCUT2D eigenvalue weighted by molar-refractivity contribution is 6.59. The molecule has 0 heterocycles. The highest BCUT2D eigenvalue weighted by atomic mass is 28.4. The summed E-state index contributed by atoms with van der Waals surface area (Å²) in [5.74, 6) is 0. The molecule has 0 aliphatic carbocycles. The highest BCUT2D eigenvalue weighted by Crippen LogP contribution is 2.04. The van der Waals surface area contributed by atoms with Gasteiger partial charge in [-0.1, -0.05) is 12.8 Å². The molecule has 0 aliphatic heterocycles. The van der Waals surface area contributed by atoms with Crippen LogP contribution in [0.4, 0.5) is 0 Å². The van der Waals surface area contributed by atoms with Gasteiger partial charge in [0.1, 0.15) is 0 Å². The van der Waals surface area contributed by atoms with Gasteiger partial charge in [0, 0.05) is 20.8 Å². The molecule has 0 aromatic heterocycles. The fourth-order valence-corrected chi connectivity index (χ4v) is 1.97. The van der Waals surface area contributed by atoms with Crippen LogP contribution in [-0.2, 0) is 13.3 Å². The van der Waals surface area contributed by atoms with Crippen LogP contribution in [0.1, 0.15) is 25.7 Å². The maximum absolute atomic E-state index is 5.52. The van der Waals surface area contributed by atoms with Crippen LogP contribution in [0, 0.1) is 0 Å². The first-order valence-corrected chi connectivity index (χ1v) is 8.06. The summed E-state index contributed by atoms with van der Waals surface area (Å²) in [7, 11) is 0.870. The average Bonchev–Trinajstić information content (AvgIpc) is 2.32. The first-order chi connectivity index (χ1) is 7.68. The fraction of sp³-hybridized carbons (Fsp3) is 1.00. The third-order valence-electron chi connectivity index (χ3n) is 2.49. The van der Waals surface area contributed by atoms with Crippen molar-refractivity contribution < 1.29 is 13.3 Å². The standard InChI is InChI=1S/C10H26N2O3Si/c1-13-16(3,14-2)15-10-12-9-7-5-4-6-8-11/h12H,4-11H2,1-3H3. The molecule has 0 rings (SSSR count). The lowest BCUT2D eigenvalue weighted by molar-refractivity contribution is 0.0971. The first kappa shape index (κ1) is 16.0. The molecule has 0 aromatic carbocycles. The van der Waals surface area contributed by atoms with Crippen molar-refractivity contribution in [1.82, 2.24) is 5.32 Å². The second kappa shape index (κ2) is 10.2. The quantitative estimate of drug-likeness (QED) is 0.324. The van der Waals surface area contributed by atoms with Crippen LogP contribution in [0.25, 0.3) is 0 Å². The average molecular weight is 250 g/mol. The normalized spacial score (nSPS) is 12.0. The van der Waals surface area contributed by atoms with Crippen LogP contribution < -0.4 is 11.1 Å². The number of unbranched alkanes of at least 4 members (excludes halogenated alkanes) is 3. The van der Waals surface area contributed by atoms with Gasteiger partial charge in [-0.3, -0.25) is 5.32 Å². The Morgan fingerprint density at radius 2 is 1.69 bits per heavy atom. The summed E-state index contributed by atoms with van der Waals surface area (Å²) in [5.41, 5.74) is 5.41. The Morgan fingerprint density at radius 1 is 1.06 bits per heavy atom. The largest absolute Gasteiger partial charge is 0.498 e. The zero-order valence-corrected chi connectivity index (χ0v) is 11.8. The zero-order valence-electron chi connectivity index (χ0n) is 10.8. The van der Waals surface area contributed by atoms with E-state index in [9.17, 15) is 0 Å². The molecule has 0 unspecified atom stereocenters. The molecule has 0 saturated heterocycles. The molecular weight excluding hydrogens is 224 g/mol. The van der Waals surface area contributed by atoms with Gasteiger partial charge < -0.3 is 19.0 Å². The number of hydrogen-bond donors (Lipinski definition) is 2. The molecule has 0 aliphatic rings. The molecule has 98 valence electrons. The van der Waals surface area contributed by atoms with Crippen molar-refractivity contribution in [3.05, 3.63) is 0 Å². The van der Waals surface area contributed by atoms with Gasteiger partial charge in [-0.15, -0.1) is 0 Å². The van der Waals surface area contributed by atoms with E-state index in [1.807, 2.05) is 6.55 Å². The Balaban J connectivity index is 3.26. The summed E-state index contributed by atoms with van der Waals surface area (Å²) in [6.07, 6.45) is 4.70. The van der Waals surface area contributed by atoms with Crippen molar-refractivity contribution >= 4 is 8.80 Å². The smallest absolute Gasteiger partial charge is 0.377 e. The van der Waals surface area contributed by atoms with Gasteiger partial charge in [0.15, 0.2) is 0 Å². The monoisotopic (exact) mass is 250 g/mol. The molecule has 0 fully saturated rings. The lowest BCUT2D eigenvalue weighted by atomic mass is 10.2. The molecule has 6 heteroatoms. The minimum Gasteiger partial charge on any atom is -0.377 e. The summed E-state index contributed by atoms with van der Waals surface area (Å²) in [6.45, 7) is 4.11. The van der Waals surface area contributed by atoms with Gasteiger partial charge in [-0.2, -0.15) is 0 Å². The van der Waals surface area contributed by atoms with Gasteiger partial charge in [0.25, 0.3) is 0 Å². The number of hydrogen-bond acceptors (Lipinski definition) is 5. The fourth-order valence-electron chi connectivity index (χ4n) is 1.20. The second-order valence-corrected chi connectivity index (χ2v) is 6.59. The molecular formula is C10H26N2O3Si. The van der Waals surface area contributed by atoms with Crippen molar-refractivity contribution in [2.75, 3.05) is 34.0 Å². The summed E-state index contributed by atoms with van der Waals surface area (Å²) in [4.78, 5) is 0. The molecule has 0 atom stereocenters. The van der Waals surface area contributed by atoms with Gasteiger partial charge in [-0.05, 0) is 25.9 Å². The topological polar surface area (TPSA) is 65.7 Å². The minimum absolute atomic E-state index is 0.487. The molecule has 5 nitrogen and oxygen atoms in total. The Hall–Kier alpha value is 0.0169. The molecule has 0 radical (unpaired) electrons. The zero-order chi connectivity index (χ0) is 12.3. The van der Waals surface area contributed by atoms with Crippen LogP contribution in [0.2, 0.25) is 6.55 Å². The molecule has 0 aromatic rings. The maximum atomic E-state index is 5.52. The Kier molecular flexibility index (Phi) is 10.2. The molecule has 0 bridgehead atoms. The van der Waals surface area contributed by atoms with E-state index < -0.39 is 8.80 Å². The van der Waals surface area contributed by atoms with E-state index in [0.29, 0.717) is 6.73 Å². The highest BCUT2D eigenvalue weighted by Gasteiger charge is 2.31. The number of nitrogens with one attached hydrogen (secondary N) is 1. The Morgan fingerprint density at radius 3 is 2.25 bits per heavy atom. The van der Waals surface area contributed by atoms with Crippen molar-refractivity contribution in [1.29, 1.82) is 0 Å². The van der Waals surface area contributed by atoms with E-state index in [4.69, 9.17) is 19.0 Å². The lowest BCUT2D eigenvalue weighted by Crippen LogP contribution is -2.43. The molecule has 0 amide bonds. The summed E-state index contributed by atoms with van der Waals surface area (Å²) >= 11 is 0.